The van der Waals surface area contributed by atoms with Crippen molar-refractivity contribution in [3.63, 3.8) is 0 Å². The van der Waals surface area contributed by atoms with E-state index in [1.165, 1.54) is 0 Å². The Labute approximate surface area is 142 Å². The van der Waals surface area contributed by atoms with Crippen LogP contribution in [0.5, 0.6) is 0 Å². The zero-order chi connectivity index (χ0) is 18.2. The summed E-state index contributed by atoms with van der Waals surface area (Å²) < 4.78 is 15.2. The molecule has 1 aliphatic carbocycles. The summed E-state index contributed by atoms with van der Waals surface area (Å²) in [4.78, 5) is 39.9. The van der Waals surface area contributed by atoms with Gasteiger partial charge in [0.2, 0.25) is 5.91 Å². The van der Waals surface area contributed by atoms with Crippen LogP contribution < -0.4 is 0 Å². The molecule has 1 amide bonds. The van der Waals surface area contributed by atoms with Gasteiger partial charge in [0.15, 0.2) is 5.41 Å². The Hall–Kier alpha value is -1.47. The standard InChI is InChI=1S/C17H27NO6/c1-15(2)16(3)6-7-17(15,14(21)24-13(16)20)12(19)18(8-10-22-4)9-11-23-5/h6-11H2,1-5H3. The van der Waals surface area contributed by atoms with E-state index in [0.29, 0.717) is 39.1 Å². The average molecular weight is 341 g/mol. The number of rotatable bonds is 7. The third-order valence-electron chi connectivity index (χ3n) is 6.21. The lowest BCUT2D eigenvalue weighted by Crippen LogP contribution is -2.63. The number of nitrogens with zero attached hydrogens (tertiary/aromatic N) is 1. The van der Waals surface area contributed by atoms with Gasteiger partial charge in [-0.05, 0) is 19.8 Å². The molecule has 2 bridgehead atoms. The first-order chi connectivity index (χ1) is 11.2. The summed E-state index contributed by atoms with van der Waals surface area (Å²) in [6.07, 6.45) is 0.773. The van der Waals surface area contributed by atoms with E-state index in [-0.39, 0.29) is 5.91 Å². The fourth-order valence-corrected chi connectivity index (χ4v) is 3.98. The van der Waals surface area contributed by atoms with Crippen molar-refractivity contribution in [2.45, 2.75) is 33.6 Å². The Balaban J connectivity index is 2.40. The van der Waals surface area contributed by atoms with E-state index >= 15 is 0 Å². The molecule has 1 aliphatic heterocycles. The van der Waals surface area contributed by atoms with Gasteiger partial charge in [-0.25, -0.2) is 0 Å². The smallest absolute Gasteiger partial charge is 0.329 e. The van der Waals surface area contributed by atoms with Crippen molar-refractivity contribution in [1.82, 2.24) is 4.90 Å². The van der Waals surface area contributed by atoms with Crippen molar-refractivity contribution in [2.75, 3.05) is 40.5 Å². The molecule has 2 unspecified atom stereocenters. The summed E-state index contributed by atoms with van der Waals surface area (Å²) in [5.41, 5.74) is -3.00. The van der Waals surface area contributed by atoms with E-state index in [4.69, 9.17) is 14.2 Å². The van der Waals surface area contributed by atoms with Crippen LogP contribution >= 0.6 is 0 Å². The van der Waals surface area contributed by atoms with Gasteiger partial charge >= 0.3 is 11.9 Å². The van der Waals surface area contributed by atoms with Crippen LogP contribution in [0.1, 0.15) is 33.6 Å². The van der Waals surface area contributed by atoms with Gasteiger partial charge in [0, 0.05) is 32.7 Å². The van der Waals surface area contributed by atoms with E-state index in [1.54, 1.807) is 26.0 Å². The fraction of sp³-hybridized carbons (Fsp3) is 0.824. The van der Waals surface area contributed by atoms with Crippen molar-refractivity contribution in [2.24, 2.45) is 16.2 Å². The molecule has 24 heavy (non-hydrogen) atoms. The molecule has 1 saturated heterocycles. The number of carbonyl (C=O) groups is 3. The maximum Gasteiger partial charge on any atom is 0.329 e. The summed E-state index contributed by atoms with van der Waals surface area (Å²) in [7, 11) is 3.11. The molecular formula is C17H27NO6. The van der Waals surface area contributed by atoms with Crippen LogP contribution in [0.4, 0.5) is 0 Å². The molecule has 0 N–H and O–H groups in total. The molecular weight excluding hydrogens is 314 g/mol. The van der Waals surface area contributed by atoms with Crippen molar-refractivity contribution in [1.29, 1.82) is 0 Å². The SMILES string of the molecule is COCCN(CCOC)C(=O)C12CCC(C)(C(=O)OC1=O)C2(C)C. The van der Waals surface area contributed by atoms with Gasteiger partial charge in [-0.3, -0.25) is 14.4 Å². The molecule has 2 fully saturated rings. The first kappa shape index (κ1) is 18.9. The Bertz CT molecular complexity index is 537. The summed E-state index contributed by atoms with van der Waals surface area (Å²) in [5, 5.41) is 0. The molecule has 7 nitrogen and oxygen atoms in total. The normalized spacial score (nSPS) is 31.0. The van der Waals surface area contributed by atoms with Gasteiger partial charge in [0.05, 0.1) is 18.6 Å². The first-order valence-corrected chi connectivity index (χ1v) is 8.23. The van der Waals surface area contributed by atoms with Crippen LogP contribution in [-0.2, 0) is 28.6 Å². The number of hydrogen-bond acceptors (Lipinski definition) is 6. The average Bonchev–Trinajstić information content (AvgIpc) is 2.68. The van der Waals surface area contributed by atoms with E-state index in [1.807, 2.05) is 13.8 Å². The summed E-state index contributed by atoms with van der Waals surface area (Å²) in [6.45, 7) is 6.85. The molecule has 2 aliphatic rings. The molecule has 2 atom stereocenters. The second-order valence-corrected chi connectivity index (χ2v) is 7.32. The van der Waals surface area contributed by atoms with Crippen LogP contribution in [0.3, 0.4) is 0 Å². The summed E-state index contributed by atoms with van der Waals surface area (Å²) in [5.74, 6) is -1.56. The minimum atomic E-state index is -1.34. The Morgan fingerprint density at radius 1 is 1.04 bits per heavy atom. The van der Waals surface area contributed by atoms with Gasteiger partial charge in [-0.1, -0.05) is 13.8 Å². The minimum absolute atomic E-state index is 0.303. The largest absolute Gasteiger partial charge is 0.392 e. The predicted octanol–water partition coefficient (Wildman–Crippen LogP) is 1.00. The number of amides is 1. The third-order valence-corrected chi connectivity index (χ3v) is 6.21. The quantitative estimate of drug-likeness (QED) is 0.508. The third kappa shape index (κ3) is 2.37. The van der Waals surface area contributed by atoms with Crippen molar-refractivity contribution in [3.05, 3.63) is 0 Å². The summed E-state index contributed by atoms with van der Waals surface area (Å²) >= 11 is 0. The van der Waals surface area contributed by atoms with E-state index in [0.717, 1.165) is 0 Å². The fourth-order valence-electron chi connectivity index (χ4n) is 3.98. The molecule has 1 heterocycles. The van der Waals surface area contributed by atoms with Crippen molar-refractivity contribution in [3.8, 4) is 0 Å². The highest BCUT2D eigenvalue weighted by Crippen LogP contribution is 2.66. The molecule has 0 aromatic rings. The number of hydrogen-bond donors (Lipinski definition) is 0. The maximum atomic E-state index is 13.4. The van der Waals surface area contributed by atoms with Crippen LogP contribution in [0.2, 0.25) is 0 Å². The molecule has 0 aromatic carbocycles. The van der Waals surface area contributed by atoms with Crippen molar-refractivity contribution < 1.29 is 28.6 Å². The Morgan fingerprint density at radius 2 is 1.58 bits per heavy atom. The van der Waals surface area contributed by atoms with Crippen LogP contribution in [0.15, 0.2) is 0 Å². The predicted molar refractivity (Wildman–Crippen MR) is 85.0 cm³/mol. The van der Waals surface area contributed by atoms with Crippen LogP contribution in [0, 0.1) is 16.2 Å². The monoisotopic (exact) mass is 341 g/mol. The minimum Gasteiger partial charge on any atom is -0.392 e. The van der Waals surface area contributed by atoms with E-state index in [9.17, 15) is 14.4 Å². The zero-order valence-electron chi connectivity index (χ0n) is 15.1. The molecule has 0 spiro atoms. The topological polar surface area (TPSA) is 82.1 Å². The van der Waals surface area contributed by atoms with E-state index in [2.05, 4.69) is 0 Å². The highest BCUT2D eigenvalue weighted by molar-refractivity contribution is 6.11. The highest BCUT2D eigenvalue weighted by atomic mass is 16.6. The van der Waals surface area contributed by atoms with Gasteiger partial charge in [-0.15, -0.1) is 0 Å². The molecule has 1 saturated carbocycles. The van der Waals surface area contributed by atoms with E-state index < -0.39 is 28.2 Å². The lowest BCUT2D eigenvalue weighted by atomic mass is 9.56. The second kappa shape index (κ2) is 6.44. The number of cyclic esters (lactones) is 2. The molecule has 136 valence electrons. The number of carbonyl (C=O) groups excluding carboxylic acids is 3. The Morgan fingerprint density at radius 3 is 2.08 bits per heavy atom. The maximum absolute atomic E-state index is 13.4. The number of esters is 2. The number of methoxy groups -OCH3 is 2. The lowest BCUT2D eigenvalue weighted by Gasteiger charge is -2.49. The van der Waals surface area contributed by atoms with Crippen LogP contribution in [-0.4, -0.2) is 63.3 Å². The van der Waals surface area contributed by atoms with Gasteiger partial charge in [0.25, 0.3) is 0 Å². The van der Waals surface area contributed by atoms with Gasteiger partial charge in [-0.2, -0.15) is 0 Å². The molecule has 7 heteroatoms. The summed E-state index contributed by atoms with van der Waals surface area (Å²) in [6, 6.07) is 0. The zero-order valence-corrected chi connectivity index (χ0v) is 15.1. The second-order valence-electron chi connectivity index (χ2n) is 7.32. The first-order valence-electron chi connectivity index (χ1n) is 8.23. The number of ether oxygens (including phenoxy) is 3. The van der Waals surface area contributed by atoms with Crippen LogP contribution in [0.25, 0.3) is 0 Å². The Kier molecular flexibility index (Phi) is 5.06. The number of fused-ring (bicyclic) bond motifs is 2. The molecule has 2 rings (SSSR count). The molecule has 0 aromatic heterocycles. The highest BCUT2D eigenvalue weighted by Gasteiger charge is 2.75. The lowest BCUT2D eigenvalue weighted by molar-refractivity contribution is -0.199. The van der Waals surface area contributed by atoms with Crippen molar-refractivity contribution >= 4 is 17.8 Å². The van der Waals surface area contributed by atoms with Gasteiger partial charge < -0.3 is 19.1 Å². The van der Waals surface area contributed by atoms with Gasteiger partial charge in [0.1, 0.15) is 0 Å². The molecule has 0 radical (unpaired) electrons.